The molecule has 35 heavy (non-hydrogen) atoms. The maximum Gasteiger partial charge on any atom is 0.264 e. The molecule has 0 saturated carbocycles. The van der Waals surface area contributed by atoms with Crippen LogP contribution >= 0.6 is 22.7 Å². The first-order valence-electron chi connectivity index (χ1n) is 11.9. The number of thiophene rings is 2. The summed E-state index contributed by atoms with van der Waals surface area (Å²) in [5, 5.41) is 3.97. The van der Waals surface area contributed by atoms with Gasteiger partial charge in [-0.2, -0.15) is 0 Å². The Hall–Kier alpha value is -2.84. The first-order chi connectivity index (χ1) is 17.0. The summed E-state index contributed by atoms with van der Waals surface area (Å²) in [7, 11) is 1.62. The van der Waals surface area contributed by atoms with Crippen molar-refractivity contribution in [1.82, 2.24) is 9.80 Å². The number of rotatable bonds is 10. The van der Waals surface area contributed by atoms with E-state index in [0.717, 1.165) is 18.4 Å². The summed E-state index contributed by atoms with van der Waals surface area (Å²) in [4.78, 5) is 32.4. The van der Waals surface area contributed by atoms with Gasteiger partial charge in [-0.05, 0) is 59.3 Å². The van der Waals surface area contributed by atoms with Gasteiger partial charge in [-0.15, -0.1) is 22.7 Å². The molecule has 0 aliphatic carbocycles. The van der Waals surface area contributed by atoms with Crippen LogP contribution in [0.25, 0.3) is 0 Å². The molecule has 3 heterocycles. The van der Waals surface area contributed by atoms with Crippen LogP contribution in [-0.4, -0.2) is 55.0 Å². The lowest BCUT2D eigenvalue weighted by atomic mass is 10.00. The molecule has 0 saturated heterocycles. The molecule has 0 N–H and O–H groups in total. The summed E-state index contributed by atoms with van der Waals surface area (Å²) >= 11 is 3.13. The number of fused-ring (bicyclic) bond motifs is 1. The molecule has 8 heteroatoms. The Morgan fingerprint density at radius 2 is 1.89 bits per heavy atom. The Kier molecular flexibility index (Phi) is 8.46. The molecule has 1 aliphatic rings. The molecule has 2 amide bonds. The number of ether oxygens (including phenoxy) is 2. The Balaban J connectivity index is 1.53. The molecule has 0 radical (unpaired) electrons. The second kappa shape index (κ2) is 11.7. The standard InChI is InChI=1S/C27H32N2O4S2/c1-19(2)10-13-28(27(31)25-9-6-15-34-25)17-26(30)29-14-11-24-20(12-16-35-24)21(29)18-33-23-8-5-4-7-22(23)32-3/h4-9,12,15-16,19,21H,10-11,13-14,17-18H2,1-3H3/t21-/m1/s1. The molecular formula is C27H32N2O4S2. The third kappa shape index (κ3) is 6.05. The highest BCUT2D eigenvalue weighted by molar-refractivity contribution is 7.12. The number of nitrogens with zero attached hydrogens (tertiary/aromatic N) is 2. The van der Waals surface area contributed by atoms with Crippen LogP contribution < -0.4 is 9.47 Å². The van der Waals surface area contributed by atoms with Crippen molar-refractivity contribution < 1.29 is 19.1 Å². The van der Waals surface area contributed by atoms with Gasteiger partial charge in [0.05, 0.1) is 18.0 Å². The van der Waals surface area contributed by atoms with Gasteiger partial charge >= 0.3 is 0 Å². The van der Waals surface area contributed by atoms with E-state index in [1.165, 1.54) is 16.2 Å². The first kappa shape index (κ1) is 25.3. The van der Waals surface area contributed by atoms with Crippen molar-refractivity contribution in [3.05, 3.63) is 68.5 Å². The zero-order valence-corrected chi connectivity index (χ0v) is 22.1. The number of methoxy groups -OCH3 is 1. The van der Waals surface area contributed by atoms with Gasteiger partial charge in [0.1, 0.15) is 13.2 Å². The molecule has 0 bridgehead atoms. The number of benzene rings is 1. The lowest BCUT2D eigenvalue weighted by Crippen LogP contribution is -2.48. The fraction of sp³-hybridized carbons (Fsp3) is 0.407. The third-order valence-electron chi connectivity index (χ3n) is 6.20. The summed E-state index contributed by atoms with van der Waals surface area (Å²) in [6, 6.07) is 13.1. The first-order valence-corrected chi connectivity index (χ1v) is 13.7. The molecule has 1 aliphatic heterocycles. The highest BCUT2D eigenvalue weighted by Gasteiger charge is 2.34. The number of hydrogen-bond donors (Lipinski definition) is 0. The summed E-state index contributed by atoms with van der Waals surface area (Å²) in [6.45, 7) is 5.81. The maximum atomic E-state index is 13.7. The van der Waals surface area contributed by atoms with Crippen LogP contribution in [0, 0.1) is 5.92 Å². The molecule has 2 aromatic heterocycles. The predicted octanol–water partition coefficient (Wildman–Crippen LogP) is 5.51. The van der Waals surface area contributed by atoms with E-state index >= 15 is 0 Å². The van der Waals surface area contributed by atoms with Crippen LogP contribution in [0.1, 0.15) is 46.4 Å². The summed E-state index contributed by atoms with van der Waals surface area (Å²) in [6.07, 6.45) is 1.66. The normalized spacial score (nSPS) is 15.1. The second-order valence-electron chi connectivity index (χ2n) is 9.00. The third-order valence-corrected chi connectivity index (χ3v) is 8.06. The molecule has 6 nitrogen and oxygen atoms in total. The molecule has 0 fully saturated rings. The van der Waals surface area contributed by atoms with E-state index in [1.54, 1.807) is 23.3 Å². The Labute approximate surface area is 215 Å². The fourth-order valence-corrected chi connectivity index (χ4v) is 5.88. The quantitative estimate of drug-likeness (QED) is 0.359. The van der Waals surface area contributed by atoms with Gasteiger partial charge in [0.15, 0.2) is 11.5 Å². The Morgan fingerprint density at radius 1 is 1.09 bits per heavy atom. The van der Waals surface area contributed by atoms with Gasteiger partial charge in [0.25, 0.3) is 5.91 Å². The van der Waals surface area contributed by atoms with Crippen molar-refractivity contribution in [2.24, 2.45) is 5.92 Å². The minimum atomic E-state index is -0.216. The largest absolute Gasteiger partial charge is 0.493 e. The molecular weight excluding hydrogens is 480 g/mol. The SMILES string of the molecule is COc1ccccc1OC[C@@H]1c2ccsc2CCN1C(=O)CN(CCC(C)C)C(=O)c1cccs1. The van der Waals surface area contributed by atoms with Gasteiger partial charge in [-0.25, -0.2) is 0 Å². The van der Waals surface area contributed by atoms with E-state index in [2.05, 4.69) is 25.3 Å². The zero-order valence-electron chi connectivity index (χ0n) is 20.4. The molecule has 186 valence electrons. The van der Waals surface area contributed by atoms with Crippen LogP contribution in [0.15, 0.2) is 53.2 Å². The molecule has 0 spiro atoms. The smallest absolute Gasteiger partial charge is 0.264 e. The number of carbonyl (C=O) groups is 2. The van der Waals surface area contributed by atoms with Crippen molar-refractivity contribution in [2.45, 2.75) is 32.7 Å². The summed E-state index contributed by atoms with van der Waals surface area (Å²) in [5.41, 5.74) is 1.13. The number of carbonyl (C=O) groups excluding carboxylic acids is 2. The molecule has 3 aromatic rings. The number of amides is 2. The lowest BCUT2D eigenvalue weighted by Gasteiger charge is -2.37. The van der Waals surface area contributed by atoms with Crippen LogP contribution in [0.4, 0.5) is 0 Å². The van der Waals surface area contributed by atoms with Gasteiger partial charge in [0, 0.05) is 18.0 Å². The fourth-order valence-electron chi connectivity index (χ4n) is 4.26. The molecule has 4 rings (SSSR count). The Morgan fingerprint density at radius 3 is 2.60 bits per heavy atom. The van der Waals surface area contributed by atoms with E-state index < -0.39 is 0 Å². The lowest BCUT2D eigenvalue weighted by molar-refractivity contribution is -0.135. The van der Waals surface area contributed by atoms with Crippen molar-refractivity contribution in [1.29, 1.82) is 0 Å². The van der Waals surface area contributed by atoms with Crippen LogP contribution in [0.3, 0.4) is 0 Å². The van der Waals surface area contributed by atoms with E-state index in [-0.39, 0.29) is 24.4 Å². The summed E-state index contributed by atoms with van der Waals surface area (Å²) in [5.74, 6) is 1.62. The summed E-state index contributed by atoms with van der Waals surface area (Å²) < 4.78 is 11.6. The molecule has 1 aromatic carbocycles. The molecule has 1 atom stereocenters. The van der Waals surface area contributed by atoms with Crippen LogP contribution in [0.5, 0.6) is 11.5 Å². The molecule has 0 unspecified atom stereocenters. The minimum absolute atomic E-state index is 0.0517. The van der Waals surface area contributed by atoms with Crippen molar-refractivity contribution >= 4 is 34.5 Å². The van der Waals surface area contributed by atoms with Gasteiger partial charge in [-0.1, -0.05) is 32.0 Å². The van der Waals surface area contributed by atoms with Gasteiger partial charge in [0.2, 0.25) is 5.91 Å². The maximum absolute atomic E-state index is 13.7. The number of para-hydroxylation sites is 2. The van der Waals surface area contributed by atoms with Crippen molar-refractivity contribution in [3.63, 3.8) is 0 Å². The number of hydrogen-bond acceptors (Lipinski definition) is 6. The van der Waals surface area contributed by atoms with Crippen LogP contribution in [-0.2, 0) is 11.2 Å². The minimum Gasteiger partial charge on any atom is -0.493 e. The zero-order chi connectivity index (χ0) is 24.8. The van der Waals surface area contributed by atoms with Gasteiger partial charge < -0.3 is 19.3 Å². The highest BCUT2D eigenvalue weighted by Crippen LogP contribution is 2.35. The van der Waals surface area contributed by atoms with E-state index in [4.69, 9.17) is 9.47 Å². The second-order valence-corrected chi connectivity index (χ2v) is 10.9. The monoisotopic (exact) mass is 512 g/mol. The highest BCUT2D eigenvalue weighted by atomic mass is 32.1. The van der Waals surface area contributed by atoms with Crippen LogP contribution in [0.2, 0.25) is 0 Å². The average molecular weight is 513 g/mol. The van der Waals surface area contributed by atoms with E-state index in [0.29, 0.717) is 42.0 Å². The van der Waals surface area contributed by atoms with Gasteiger partial charge in [-0.3, -0.25) is 9.59 Å². The van der Waals surface area contributed by atoms with Crippen molar-refractivity contribution in [3.8, 4) is 11.5 Å². The average Bonchev–Trinajstić information content (AvgIpc) is 3.57. The topological polar surface area (TPSA) is 59.1 Å². The predicted molar refractivity (Wildman–Crippen MR) is 141 cm³/mol. The van der Waals surface area contributed by atoms with E-state index in [9.17, 15) is 9.59 Å². The van der Waals surface area contributed by atoms with Crippen molar-refractivity contribution in [2.75, 3.05) is 33.4 Å². The van der Waals surface area contributed by atoms with E-state index in [1.807, 2.05) is 46.7 Å². The Bertz CT molecular complexity index is 1130.